The van der Waals surface area contributed by atoms with E-state index in [9.17, 15) is 0 Å². The van der Waals surface area contributed by atoms with Crippen LogP contribution in [0, 0.1) is 0 Å². The highest BCUT2D eigenvalue weighted by atomic mass is 28.4. The predicted octanol–water partition coefficient (Wildman–Crippen LogP) is 3.99. The van der Waals surface area contributed by atoms with E-state index in [2.05, 4.69) is 37.4 Å². The van der Waals surface area contributed by atoms with Gasteiger partial charge in [0.2, 0.25) is 0 Å². The average molecular weight is 345 g/mol. The first kappa shape index (κ1) is 18.8. The molecule has 0 saturated carbocycles. The van der Waals surface area contributed by atoms with Gasteiger partial charge < -0.3 is 8.54 Å². The maximum Gasteiger partial charge on any atom is 0.367 e. The van der Waals surface area contributed by atoms with Crippen LogP contribution in [0.5, 0.6) is 0 Å². The molecule has 0 spiro atoms. The van der Waals surface area contributed by atoms with Crippen molar-refractivity contribution < 1.29 is 17.7 Å². The summed E-state index contributed by atoms with van der Waals surface area (Å²) in [5.41, 5.74) is 1.31. The summed E-state index contributed by atoms with van der Waals surface area (Å²) in [6.07, 6.45) is 0. The molecule has 0 unspecified atom stereocenters. The zero-order chi connectivity index (χ0) is 16.1. The number of hydrogen-bond donors (Lipinski definition) is 0. The van der Waals surface area contributed by atoms with E-state index in [0.29, 0.717) is 0 Å². The summed E-state index contributed by atoms with van der Waals surface area (Å²) in [6.45, 7) is 12.4. The third kappa shape index (κ3) is 7.50. The van der Waals surface area contributed by atoms with Crippen LogP contribution >= 0.6 is 0 Å². The lowest BCUT2D eigenvalue weighted by Gasteiger charge is -2.34. The van der Waals surface area contributed by atoms with Gasteiger partial charge in [-0.05, 0) is 50.9 Å². The largest absolute Gasteiger partial charge is 0.434 e. The Hall–Kier alpha value is -0.289. The molecule has 7 heteroatoms. The van der Waals surface area contributed by atoms with Crippen molar-refractivity contribution in [2.75, 3.05) is 7.11 Å². The third-order valence-electron chi connectivity index (χ3n) is 2.93. The lowest BCUT2D eigenvalue weighted by molar-refractivity contribution is -0.155. The van der Waals surface area contributed by atoms with E-state index in [1.165, 1.54) is 5.56 Å². The van der Waals surface area contributed by atoms with Crippen molar-refractivity contribution in [1.29, 1.82) is 0 Å². The van der Waals surface area contributed by atoms with Crippen molar-refractivity contribution in [3.8, 4) is 0 Å². The second-order valence-electron chi connectivity index (χ2n) is 6.69. The van der Waals surface area contributed by atoms with E-state index in [4.69, 9.17) is 17.7 Å². The van der Waals surface area contributed by atoms with Crippen molar-refractivity contribution in [3.63, 3.8) is 0 Å². The van der Waals surface area contributed by atoms with Gasteiger partial charge in [-0.1, -0.05) is 30.3 Å². The Bertz CT molecular complexity index is 435. The fourth-order valence-electron chi connectivity index (χ4n) is 2.04. The number of benzene rings is 1. The third-order valence-corrected chi connectivity index (χ3v) is 10.5. The first-order valence-corrected chi connectivity index (χ1v) is 16.0. The van der Waals surface area contributed by atoms with Crippen molar-refractivity contribution in [3.05, 3.63) is 35.9 Å². The number of rotatable bonds is 8. The topological polar surface area (TPSA) is 36.9 Å². The lowest BCUT2D eigenvalue weighted by Crippen LogP contribution is -2.50. The van der Waals surface area contributed by atoms with Crippen LogP contribution in [-0.4, -0.2) is 32.5 Å². The quantitative estimate of drug-likeness (QED) is 0.406. The molecule has 0 atom stereocenters. The molecule has 0 aromatic heterocycles. The van der Waals surface area contributed by atoms with Gasteiger partial charge in [0.25, 0.3) is 0 Å². The molecule has 0 amide bonds. The highest BCUT2D eigenvalue weighted by Crippen LogP contribution is 2.21. The van der Waals surface area contributed by atoms with Gasteiger partial charge in [-0.3, -0.25) is 9.15 Å². The molecule has 0 fully saturated rings. The van der Waals surface area contributed by atoms with Crippen molar-refractivity contribution in [2.24, 2.45) is 0 Å². The van der Waals surface area contributed by atoms with E-state index in [1.807, 2.05) is 32.3 Å². The fraction of sp³-hybridized carbons (Fsp3) is 0.571. The Morgan fingerprint density at radius 2 is 1.33 bits per heavy atom. The summed E-state index contributed by atoms with van der Waals surface area (Å²) in [6, 6.07) is 11.4. The van der Waals surface area contributed by atoms with Crippen LogP contribution < -0.4 is 0 Å². The smallest absolute Gasteiger partial charge is 0.367 e. The van der Waals surface area contributed by atoms with Gasteiger partial charge in [0, 0.05) is 7.11 Å². The highest BCUT2D eigenvalue weighted by Gasteiger charge is 2.38. The van der Waals surface area contributed by atoms with Gasteiger partial charge in [-0.2, -0.15) is 0 Å². The van der Waals surface area contributed by atoms with E-state index in [-0.39, 0.29) is 0 Å². The summed E-state index contributed by atoms with van der Waals surface area (Å²) in [5.74, 6) is 0. The van der Waals surface area contributed by atoms with Crippen LogP contribution in [0.2, 0.25) is 39.3 Å². The molecule has 4 nitrogen and oxygen atoms in total. The van der Waals surface area contributed by atoms with Crippen LogP contribution in [0.1, 0.15) is 5.56 Å². The molecule has 0 N–H and O–H groups in total. The van der Waals surface area contributed by atoms with Crippen LogP contribution in [0.3, 0.4) is 0 Å². The van der Waals surface area contributed by atoms with Gasteiger partial charge in [-0.25, -0.2) is 0 Å². The molecular formula is C14H28O4Si3. The normalized spacial score (nSPS) is 13.5. The van der Waals surface area contributed by atoms with Gasteiger partial charge >= 0.3 is 17.1 Å². The molecule has 0 radical (unpaired) electrons. The molecule has 21 heavy (non-hydrogen) atoms. The van der Waals surface area contributed by atoms with Gasteiger partial charge in [-0.15, -0.1) is 0 Å². The molecule has 0 saturated heterocycles. The van der Waals surface area contributed by atoms with E-state index in [0.717, 1.165) is 6.04 Å². The highest BCUT2D eigenvalue weighted by molar-refractivity contribution is 6.81. The van der Waals surface area contributed by atoms with Gasteiger partial charge in [0.15, 0.2) is 8.32 Å². The SMILES string of the molecule is CO[Si](C)(C)OO[Si](C)(C)O[Si](C)(C)Cc1ccccc1. The minimum Gasteiger partial charge on any atom is -0.434 e. The predicted molar refractivity (Wildman–Crippen MR) is 92.9 cm³/mol. The van der Waals surface area contributed by atoms with E-state index in [1.54, 1.807) is 7.11 Å². The molecule has 0 aliphatic carbocycles. The average Bonchev–Trinajstić information content (AvgIpc) is 2.36. The maximum atomic E-state index is 6.37. The van der Waals surface area contributed by atoms with Crippen LogP contribution in [-0.2, 0) is 23.7 Å². The summed E-state index contributed by atoms with van der Waals surface area (Å²) >= 11 is 0. The standard InChI is InChI=1S/C14H28O4Si3/c1-15-20(4,5)16-17-21(6,7)18-19(2,3)13-14-11-9-8-10-12-14/h8-12H,13H2,1-7H3. The molecule has 1 rings (SSSR count). The molecule has 1 aromatic rings. The minimum atomic E-state index is -2.32. The fourth-order valence-corrected chi connectivity index (χ4v) is 10.7. The first-order chi connectivity index (χ1) is 9.55. The molecular weight excluding hydrogens is 316 g/mol. The van der Waals surface area contributed by atoms with Crippen LogP contribution in [0.25, 0.3) is 0 Å². The Balaban J connectivity index is 2.60. The summed E-state index contributed by atoms with van der Waals surface area (Å²) in [4.78, 5) is 0. The first-order valence-electron chi connectivity index (χ1n) is 7.21. The van der Waals surface area contributed by atoms with E-state index >= 15 is 0 Å². The summed E-state index contributed by atoms with van der Waals surface area (Å²) in [7, 11) is -4.72. The second kappa shape index (κ2) is 7.32. The molecule has 0 bridgehead atoms. The van der Waals surface area contributed by atoms with Crippen molar-refractivity contribution >= 4 is 25.4 Å². The second-order valence-corrected chi connectivity index (χ2v) is 17.7. The Labute approximate surface area is 131 Å². The molecule has 120 valence electrons. The number of hydrogen-bond acceptors (Lipinski definition) is 4. The van der Waals surface area contributed by atoms with Crippen LogP contribution in [0.4, 0.5) is 0 Å². The van der Waals surface area contributed by atoms with Crippen molar-refractivity contribution in [2.45, 2.75) is 45.3 Å². The Morgan fingerprint density at radius 1 is 0.810 bits per heavy atom. The molecule has 0 aliphatic rings. The van der Waals surface area contributed by atoms with Crippen LogP contribution in [0.15, 0.2) is 30.3 Å². The zero-order valence-corrected chi connectivity index (χ0v) is 17.2. The zero-order valence-electron chi connectivity index (χ0n) is 14.2. The Morgan fingerprint density at radius 3 is 1.86 bits per heavy atom. The monoisotopic (exact) mass is 344 g/mol. The summed E-state index contributed by atoms with van der Waals surface area (Å²) in [5, 5.41) is 0. The maximum absolute atomic E-state index is 6.37. The van der Waals surface area contributed by atoms with Gasteiger partial charge in [0.1, 0.15) is 0 Å². The summed E-state index contributed by atoms with van der Waals surface area (Å²) < 4.78 is 22.9. The lowest BCUT2D eigenvalue weighted by atomic mass is 10.2. The Kier molecular flexibility index (Phi) is 6.54. The molecule has 1 aromatic carbocycles. The minimum absolute atomic E-state index is 0.971. The van der Waals surface area contributed by atoms with Crippen molar-refractivity contribution in [1.82, 2.24) is 0 Å². The van der Waals surface area contributed by atoms with Gasteiger partial charge in [0.05, 0.1) is 0 Å². The molecule has 0 aliphatic heterocycles. The van der Waals surface area contributed by atoms with E-state index < -0.39 is 25.4 Å². The molecule has 0 heterocycles.